The van der Waals surface area contributed by atoms with Gasteiger partial charge in [0.25, 0.3) is 0 Å². The number of hydrogen-bond acceptors (Lipinski definition) is 3. The molecule has 1 aliphatic rings. The highest BCUT2D eigenvalue weighted by molar-refractivity contribution is 5.85. The molecule has 2 rings (SSSR count). The van der Waals surface area contributed by atoms with E-state index in [9.17, 15) is 4.79 Å². The molecule has 1 N–H and O–H groups in total. The Balaban J connectivity index is 2.29. The summed E-state index contributed by atoms with van der Waals surface area (Å²) in [6.45, 7) is 2.72. The van der Waals surface area contributed by atoms with Gasteiger partial charge in [-0.05, 0) is 19.4 Å². The van der Waals surface area contributed by atoms with Gasteiger partial charge in [0.15, 0.2) is 0 Å². The van der Waals surface area contributed by atoms with Crippen molar-refractivity contribution in [3.8, 4) is 0 Å². The third-order valence-electron chi connectivity index (χ3n) is 2.87. The summed E-state index contributed by atoms with van der Waals surface area (Å²) in [6.07, 6.45) is 1.04. The lowest BCUT2D eigenvalue weighted by Gasteiger charge is -2.09. The molecule has 2 atom stereocenters. The van der Waals surface area contributed by atoms with Crippen LogP contribution in [0, 0.1) is 0 Å². The molecule has 82 valence electrons. The first-order valence-electron chi connectivity index (χ1n) is 4.98. The van der Waals surface area contributed by atoms with E-state index < -0.39 is 5.97 Å². The molecule has 1 fully saturated rings. The SMILES string of the molecule is CC1OCCC1c1cc(C(=O)O)n(C)n1. The van der Waals surface area contributed by atoms with Crippen LogP contribution in [0.4, 0.5) is 0 Å². The summed E-state index contributed by atoms with van der Waals surface area (Å²) < 4.78 is 6.84. The Morgan fingerprint density at radius 1 is 1.73 bits per heavy atom. The van der Waals surface area contributed by atoms with Gasteiger partial charge in [-0.15, -0.1) is 0 Å². The Hall–Kier alpha value is -1.36. The molecule has 2 unspecified atom stereocenters. The van der Waals surface area contributed by atoms with Gasteiger partial charge in [-0.1, -0.05) is 0 Å². The minimum Gasteiger partial charge on any atom is -0.477 e. The number of aryl methyl sites for hydroxylation is 1. The number of nitrogens with zero attached hydrogens (tertiary/aromatic N) is 2. The molecule has 0 radical (unpaired) electrons. The zero-order valence-electron chi connectivity index (χ0n) is 8.80. The number of rotatable bonds is 2. The largest absolute Gasteiger partial charge is 0.477 e. The highest BCUT2D eigenvalue weighted by atomic mass is 16.5. The second kappa shape index (κ2) is 3.66. The number of carboxylic acids is 1. The third-order valence-corrected chi connectivity index (χ3v) is 2.87. The number of hydrogen-bond donors (Lipinski definition) is 1. The normalized spacial score (nSPS) is 25.7. The van der Waals surface area contributed by atoms with E-state index in [1.165, 1.54) is 4.68 Å². The van der Waals surface area contributed by atoms with Crippen molar-refractivity contribution < 1.29 is 14.6 Å². The lowest BCUT2D eigenvalue weighted by Crippen LogP contribution is -2.10. The lowest BCUT2D eigenvalue weighted by molar-refractivity contribution is 0.0685. The highest BCUT2D eigenvalue weighted by Gasteiger charge is 2.29. The summed E-state index contributed by atoms with van der Waals surface area (Å²) in [7, 11) is 1.65. The lowest BCUT2D eigenvalue weighted by atomic mass is 9.99. The molecule has 1 saturated heterocycles. The quantitative estimate of drug-likeness (QED) is 0.791. The molecule has 1 aliphatic heterocycles. The van der Waals surface area contributed by atoms with Gasteiger partial charge in [-0.3, -0.25) is 4.68 Å². The number of carboxylic acid groups (broad SMARTS) is 1. The van der Waals surface area contributed by atoms with Gasteiger partial charge in [0.2, 0.25) is 0 Å². The van der Waals surface area contributed by atoms with Crippen molar-refractivity contribution in [2.45, 2.75) is 25.4 Å². The summed E-state index contributed by atoms with van der Waals surface area (Å²) in [5.74, 6) is -0.716. The Bertz CT molecular complexity index is 386. The molecule has 15 heavy (non-hydrogen) atoms. The maximum atomic E-state index is 10.8. The van der Waals surface area contributed by atoms with Gasteiger partial charge in [0.05, 0.1) is 11.8 Å². The summed E-state index contributed by atoms with van der Waals surface area (Å²) in [5.41, 5.74) is 1.05. The Labute approximate surface area is 87.7 Å². The maximum Gasteiger partial charge on any atom is 0.354 e. The zero-order chi connectivity index (χ0) is 11.0. The molecule has 2 heterocycles. The third kappa shape index (κ3) is 1.74. The second-order valence-electron chi connectivity index (χ2n) is 3.85. The summed E-state index contributed by atoms with van der Waals surface area (Å²) >= 11 is 0. The molecule has 5 heteroatoms. The number of carbonyl (C=O) groups is 1. The van der Waals surface area contributed by atoms with Gasteiger partial charge in [0.1, 0.15) is 5.69 Å². The Morgan fingerprint density at radius 2 is 2.47 bits per heavy atom. The van der Waals surface area contributed by atoms with Crippen molar-refractivity contribution in [2.24, 2.45) is 7.05 Å². The average Bonchev–Trinajstić information content (AvgIpc) is 2.71. The number of ether oxygens (including phenoxy) is 1. The highest BCUT2D eigenvalue weighted by Crippen LogP contribution is 2.30. The second-order valence-corrected chi connectivity index (χ2v) is 3.85. The molecule has 1 aromatic rings. The fraction of sp³-hybridized carbons (Fsp3) is 0.600. The molecule has 0 spiro atoms. The van der Waals surface area contributed by atoms with E-state index in [0.29, 0.717) is 0 Å². The molecule has 1 aromatic heterocycles. The van der Waals surface area contributed by atoms with Crippen LogP contribution in [0.3, 0.4) is 0 Å². The molecule has 5 nitrogen and oxygen atoms in total. The van der Waals surface area contributed by atoms with Gasteiger partial charge >= 0.3 is 5.97 Å². The molecule has 0 bridgehead atoms. The van der Waals surface area contributed by atoms with E-state index >= 15 is 0 Å². The van der Waals surface area contributed by atoms with Crippen molar-refractivity contribution in [1.29, 1.82) is 0 Å². The van der Waals surface area contributed by atoms with Crippen LogP contribution in [0.2, 0.25) is 0 Å². The average molecular weight is 210 g/mol. The summed E-state index contributed by atoms with van der Waals surface area (Å²) in [4.78, 5) is 10.8. The molecule has 0 amide bonds. The van der Waals surface area contributed by atoms with E-state index in [0.717, 1.165) is 18.7 Å². The first-order valence-corrected chi connectivity index (χ1v) is 4.98. The standard InChI is InChI=1S/C10H14N2O3/c1-6-7(3-4-15-6)8-5-9(10(13)14)12(2)11-8/h5-7H,3-4H2,1-2H3,(H,13,14). The van der Waals surface area contributed by atoms with Gasteiger partial charge in [-0.25, -0.2) is 4.79 Å². The van der Waals surface area contributed by atoms with E-state index in [1.54, 1.807) is 13.1 Å². The predicted octanol–water partition coefficient (Wildman–Crippen LogP) is 1.01. The van der Waals surface area contributed by atoms with E-state index in [-0.39, 0.29) is 17.7 Å². The van der Waals surface area contributed by atoms with Crippen molar-refractivity contribution in [1.82, 2.24) is 9.78 Å². The topological polar surface area (TPSA) is 64.3 Å². The molecule has 0 aliphatic carbocycles. The smallest absolute Gasteiger partial charge is 0.354 e. The van der Waals surface area contributed by atoms with Crippen LogP contribution in [0.1, 0.15) is 35.4 Å². The van der Waals surface area contributed by atoms with E-state index in [2.05, 4.69) is 5.10 Å². The summed E-state index contributed by atoms with van der Waals surface area (Å²) in [5, 5.41) is 13.1. The van der Waals surface area contributed by atoms with Crippen molar-refractivity contribution in [3.05, 3.63) is 17.5 Å². The predicted molar refractivity (Wildman–Crippen MR) is 52.9 cm³/mol. The minimum absolute atomic E-state index is 0.126. The number of aromatic nitrogens is 2. The van der Waals surface area contributed by atoms with E-state index in [4.69, 9.17) is 9.84 Å². The number of aromatic carboxylic acids is 1. The van der Waals surface area contributed by atoms with Crippen molar-refractivity contribution in [2.75, 3.05) is 6.61 Å². The molecule has 0 saturated carbocycles. The van der Waals surface area contributed by atoms with Gasteiger partial charge in [-0.2, -0.15) is 5.10 Å². The van der Waals surface area contributed by atoms with Crippen LogP contribution in [-0.2, 0) is 11.8 Å². The Morgan fingerprint density at radius 3 is 2.93 bits per heavy atom. The Kier molecular flexibility index (Phi) is 2.48. The van der Waals surface area contributed by atoms with Crippen LogP contribution in [0.15, 0.2) is 6.07 Å². The molecule has 0 aromatic carbocycles. The van der Waals surface area contributed by atoms with Crippen LogP contribution >= 0.6 is 0 Å². The van der Waals surface area contributed by atoms with E-state index in [1.807, 2.05) is 6.92 Å². The van der Waals surface area contributed by atoms with Gasteiger partial charge in [0, 0.05) is 19.6 Å². The zero-order valence-corrected chi connectivity index (χ0v) is 8.80. The maximum absolute atomic E-state index is 10.8. The van der Waals surface area contributed by atoms with Crippen molar-refractivity contribution in [3.63, 3.8) is 0 Å². The monoisotopic (exact) mass is 210 g/mol. The summed E-state index contributed by atoms with van der Waals surface area (Å²) in [6, 6.07) is 1.64. The first kappa shape index (κ1) is 10.2. The molecular weight excluding hydrogens is 196 g/mol. The van der Waals surface area contributed by atoms with Crippen LogP contribution in [0.5, 0.6) is 0 Å². The molecular formula is C10H14N2O3. The fourth-order valence-electron chi connectivity index (χ4n) is 1.99. The van der Waals surface area contributed by atoms with Crippen LogP contribution in [-0.4, -0.2) is 33.6 Å². The van der Waals surface area contributed by atoms with Crippen LogP contribution in [0.25, 0.3) is 0 Å². The van der Waals surface area contributed by atoms with Gasteiger partial charge < -0.3 is 9.84 Å². The first-order chi connectivity index (χ1) is 7.09. The van der Waals surface area contributed by atoms with Crippen molar-refractivity contribution >= 4 is 5.97 Å². The van der Waals surface area contributed by atoms with Crippen LogP contribution < -0.4 is 0 Å². The minimum atomic E-state index is -0.942. The fourth-order valence-corrected chi connectivity index (χ4v) is 1.99.